The van der Waals surface area contributed by atoms with E-state index in [1.165, 1.54) is 21.5 Å². The molecule has 2 aromatic carbocycles. The van der Waals surface area contributed by atoms with E-state index in [-0.39, 0.29) is 10.6 Å². The second kappa shape index (κ2) is 9.83. The zero-order valence-corrected chi connectivity index (χ0v) is 23.5. The SMILES string of the molecule is CCn1cc(S(=O)(=O)N2CCC(Cc3ccccc3)(c3cc4cnn(-c5ccc(=O)n(C)c5)c4cc3C)C2)nn1. The Bertz CT molecular complexity index is 1870. The van der Waals surface area contributed by atoms with Gasteiger partial charge in [0.1, 0.15) is 0 Å². The lowest BCUT2D eigenvalue weighted by Gasteiger charge is -2.32. The van der Waals surface area contributed by atoms with Crippen LogP contribution in [0.4, 0.5) is 0 Å². The first-order chi connectivity index (χ1) is 19.2. The Morgan fingerprint density at radius 1 is 1.05 bits per heavy atom. The first kappa shape index (κ1) is 26.1. The molecule has 1 aliphatic rings. The molecule has 11 heteroatoms. The summed E-state index contributed by atoms with van der Waals surface area (Å²) < 4.78 is 33.7. The summed E-state index contributed by atoms with van der Waals surface area (Å²) in [5.74, 6) is 0. The van der Waals surface area contributed by atoms with Crippen molar-refractivity contribution in [3.63, 3.8) is 0 Å². The number of aromatic nitrogens is 6. The fourth-order valence-electron chi connectivity index (χ4n) is 5.83. The zero-order valence-electron chi connectivity index (χ0n) is 22.7. The number of nitrogens with zero attached hydrogens (tertiary/aromatic N) is 7. The maximum absolute atomic E-state index is 13.6. The van der Waals surface area contributed by atoms with Gasteiger partial charge in [0.2, 0.25) is 10.6 Å². The minimum atomic E-state index is -3.80. The minimum Gasteiger partial charge on any atom is -0.316 e. The molecule has 0 aliphatic carbocycles. The highest BCUT2D eigenvalue weighted by molar-refractivity contribution is 7.89. The van der Waals surface area contributed by atoms with E-state index >= 15 is 0 Å². The van der Waals surface area contributed by atoms with Gasteiger partial charge in [-0.25, -0.2) is 13.1 Å². The molecule has 1 atom stereocenters. The molecule has 6 rings (SSSR count). The summed E-state index contributed by atoms with van der Waals surface area (Å²) in [5, 5.41) is 13.5. The summed E-state index contributed by atoms with van der Waals surface area (Å²) in [7, 11) is -2.08. The second-order valence-electron chi connectivity index (χ2n) is 10.6. The fourth-order valence-corrected chi connectivity index (χ4v) is 7.24. The van der Waals surface area contributed by atoms with Crippen LogP contribution in [0.25, 0.3) is 16.6 Å². The second-order valence-corrected chi connectivity index (χ2v) is 12.4. The maximum atomic E-state index is 13.6. The van der Waals surface area contributed by atoms with Crippen LogP contribution in [0.5, 0.6) is 0 Å². The summed E-state index contributed by atoms with van der Waals surface area (Å²) in [6.07, 6.45) is 6.46. The topological polar surface area (TPSA) is 108 Å². The van der Waals surface area contributed by atoms with E-state index in [4.69, 9.17) is 0 Å². The van der Waals surface area contributed by atoms with Crippen LogP contribution in [0, 0.1) is 6.92 Å². The zero-order chi connectivity index (χ0) is 28.1. The van der Waals surface area contributed by atoms with Gasteiger partial charge in [-0.05, 0) is 61.6 Å². The summed E-state index contributed by atoms with van der Waals surface area (Å²) in [6, 6.07) is 17.8. The van der Waals surface area contributed by atoms with Crippen molar-refractivity contribution in [1.29, 1.82) is 0 Å². The van der Waals surface area contributed by atoms with E-state index in [0.29, 0.717) is 32.5 Å². The van der Waals surface area contributed by atoms with E-state index in [9.17, 15) is 13.2 Å². The predicted molar refractivity (Wildman–Crippen MR) is 152 cm³/mol. The standard InChI is InChI=1S/C29H31N7O3S/c1-4-34-19-27(31-32-34)40(38,39)35-13-12-29(20-35,16-22-8-6-5-7-9-22)25-15-23-17-30-36(26(23)14-21(25)2)24-10-11-28(37)33(3)18-24/h5-11,14-15,17-19H,4,12-13,16,20H2,1-3H3. The van der Waals surface area contributed by atoms with Crippen LogP contribution in [0.2, 0.25) is 0 Å². The van der Waals surface area contributed by atoms with Gasteiger partial charge in [-0.15, -0.1) is 5.10 Å². The van der Waals surface area contributed by atoms with Crippen LogP contribution in [0.1, 0.15) is 30.0 Å². The lowest BCUT2D eigenvalue weighted by atomic mass is 9.73. The number of hydrogen-bond acceptors (Lipinski definition) is 6. The smallest absolute Gasteiger partial charge is 0.264 e. The maximum Gasteiger partial charge on any atom is 0.264 e. The molecular formula is C29H31N7O3S. The molecule has 40 heavy (non-hydrogen) atoms. The molecular weight excluding hydrogens is 526 g/mol. The third kappa shape index (κ3) is 4.44. The normalized spacial score (nSPS) is 18.1. The fraction of sp³-hybridized carbons (Fsp3) is 0.310. The van der Waals surface area contributed by atoms with Crippen molar-refractivity contribution in [2.45, 2.75) is 43.7 Å². The number of aryl methyl sites for hydroxylation is 3. The van der Waals surface area contributed by atoms with Crippen LogP contribution in [-0.4, -0.2) is 55.2 Å². The highest BCUT2D eigenvalue weighted by atomic mass is 32.2. The third-order valence-electron chi connectivity index (χ3n) is 7.95. The molecule has 1 unspecified atom stereocenters. The van der Waals surface area contributed by atoms with Gasteiger partial charge in [0.15, 0.2) is 0 Å². The van der Waals surface area contributed by atoms with Gasteiger partial charge in [-0.1, -0.05) is 35.5 Å². The number of benzene rings is 2. The van der Waals surface area contributed by atoms with Crippen molar-refractivity contribution in [2.24, 2.45) is 7.05 Å². The summed E-state index contributed by atoms with van der Waals surface area (Å²) in [5.41, 5.74) is 4.52. The molecule has 0 saturated carbocycles. The quantitative estimate of drug-likeness (QED) is 0.304. The average Bonchev–Trinajstić information content (AvgIpc) is 3.70. The van der Waals surface area contributed by atoms with E-state index in [2.05, 4.69) is 46.6 Å². The number of rotatable bonds is 7. The van der Waals surface area contributed by atoms with Crippen molar-refractivity contribution < 1.29 is 8.42 Å². The highest BCUT2D eigenvalue weighted by Gasteiger charge is 2.45. The Hall–Kier alpha value is -4.09. The summed E-state index contributed by atoms with van der Waals surface area (Å²) in [6.45, 7) is 5.25. The molecule has 1 fully saturated rings. The molecule has 0 radical (unpaired) electrons. The predicted octanol–water partition coefficient (Wildman–Crippen LogP) is 3.22. The largest absolute Gasteiger partial charge is 0.316 e. The molecule has 0 spiro atoms. The third-order valence-corrected chi connectivity index (χ3v) is 9.66. The lowest BCUT2D eigenvalue weighted by molar-refractivity contribution is 0.412. The van der Waals surface area contributed by atoms with Crippen LogP contribution in [-0.2, 0) is 35.5 Å². The Balaban J connectivity index is 1.43. The van der Waals surface area contributed by atoms with Crippen LogP contribution in [0.3, 0.4) is 0 Å². The number of pyridine rings is 1. The molecule has 0 N–H and O–H groups in total. The lowest BCUT2D eigenvalue weighted by Crippen LogP contribution is -2.36. The Labute approximate surface area is 232 Å². The Morgan fingerprint density at radius 2 is 1.85 bits per heavy atom. The first-order valence-electron chi connectivity index (χ1n) is 13.3. The Kier molecular flexibility index (Phi) is 6.42. The van der Waals surface area contributed by atoms with Crippen molar-refractivity contribution in [2.75, 3.05) is 13.1 Å². The van der Waals surface area contributed by atoms with Gasteiger partial charge in [0.25, 0.3) is 10.0 Å². The van der Waals surface area contributed by atoms with Crippen LogP contribution >= 0.6 is 0 Å². The molecule has 5 aromatic rings. The van der Waals surface area contributed by atoms with E-state index < -0.39 is 15.4 Å². The van der Waals surface area contributed by atoms with E-state index in [1.807, 2.05) is 36.0 Å². The molecule has 0 bridgehead atoms. The summed E-state index contributed by atoms with van der Waals surface area (Å²) in [4.78, 5) is 11.9. The van der Waals surface area contributed by atoms with Gasteiger partial charge in [0.05, 0.1) is 23.6 Å². The van der Waals surface area contributed by atoms with Crippen molar-refractivity contribution in [3.8, 4) is 5.69 Å². The van der Waals surface area contributed by atoms with E-state index in [1.54, 1.807) is 23.6 Å². The van der Waals surface area contributed by atoms with Crippen molar-refractivity contribution in [3.05, 3.63) is 100 Å². The van der Waals surface area contributed by atoms with Crippen LogP contribution in [0.15, 0.2) is 83.0 Å². The molecule has 206 valence electrons. The minimum absolute atomic E-state index is 0.0180. The van der Waals surface area contributed by atoms with Gasteiger partial charge < -0.3 is 4.57 Å². The monoisotopic (exact) mass is 557 g/mol. The van der Waals surface area contributed by atoms with Gasteiger partial charge in [-0.3, -0.25) is 9.48 Å². The Morgan fingerprint density at radius 3 is 2.58 bits per heavy atom. The molecule has 1 saturated heterocycles. The summed E-state index contributed by atoms with van der Waals surface area (Å²) >= 11 is 0. The molecule has 1 aliphatic heterocycles. The van der Waals surface area contributed by atoms with Crippen molar-refractivity contribution >= 4 is 20.9 Å². The molecule has 0 amide bonds. The highest BCUT2D eigenvalue weighted by Crippen LogP contribution is 2.42. The van der Waals surface area contributed by atoms with E-state index in [0.717, 1.165) is 33.3 Å². The number of sulfonamides is 1. The first-order valence-corrected chi connectivity index (χ1v) is 14.7. The van der Waals surface area contributed by atoms with Gasteiger partial charge in [0, 0.05) is 49.7 Å². The number of hydrogen-bond donors (Lipinski definition) is 0. The van der Waals surface area contributed by atoms with Crippen LogP contribution < -0.4 is 5.56 Å². The van der Waals surface area contributed by atoms with Gasteiger partial charge in [-0.2, -0.15) is 9.40 Å². The molecule has 3 aromatic heterocycles. The van der Waals surface area contributed by atoms with Crippen molar-refractivity contribution in [1.82, 2.24) is 33.6 Å². The molecule has 10 nitrogen and oxygen atoms in total. The van der Waals surface area contributed by atoms with Gasteiger partial charge >= 0.3 is 0 Å². The number of fused-ring (bicyclic) bond motifs is 1. The molecule has 4 heterocycles. The average molecular weight is 558 g/mol.